The van der Waals surface area contributed by atoms with Crippen molar-refractivity contribution in [2.45, 2.75) is 44.9 Å². The summed E-state index contributed by atoms with van der Waals surface area (Å²) in [6.07, 6.45) is 5.49. The average Bonchev–Trinajstić information content (AvgIpc) is 3.19. The van der Waals surface area contributed by atoms with E-state index in [0.717, 1.165) is 31.6 Å². The average molecular weight is 529 g/mol. The van der Waals surface area contributed by atoms with Crippen LogP contribution in [-0.2, 0) is 12.1 Å². The lowest BCUT2D eigenvalue weighted by Gasteiger charge is -2.36. The molecule has 0 saturated carbocycles. The number of benzene rings is 1. The number of anilines is 3. The number of allylic oxidation sites excluding steroid dienone is 1. The van der Waals surface area contributed by atoms with Gasteiger partial charge in [0.05, 0.1) is 12.2 Å². The Hall–Kier alpha value is -4.02. The Morgan fingerprint density at radius 3 is 2.49 bits per heavy atom. The lowest BCUT2D eigenvalue weighted by atomic mass is 10.0. The highest BCUT2D eigenvalue weighted by molar-refractivity contribution is 5.77. The quantitative estimate of drug-likeness (QED) is 0.334. The van der Waals surface area contributed by atoms with Gasteiger partial charge in [-0.3, -0.25) is 4.79 Å². The van der Waals surface area contributed by atoms with Crippen molar-refractivity contribution in [2.24, 2.45) is 0 Å². The van der Waals surface area contributed by atoms with Crippen LogP contribution in [0.3, 0.4) is 0 Å². The summed E-state index contributed by atoms with van der Waals surface area (Å²) in [5.74, 6) is 0.834. The van der Waals surface area contributed by atoms with Crippen molar-refractivity contribution in [2.75, 3.05) is 37.4 Å². The van der Waals surface area contributed by atoms with Crippen LogP contribution in [0, 0.1) is 0 Å². The predicted octanol–water partition coefficient (Wildman–Crippen LogP) is 3.66. The van der Waals surface area contributed by atoms with Gasteiger partial charge in [-0.15, -0.1) is 6.58 Å². The molecule has 0 radical (unpaired) electrons. The number of piperidine rings is 1. The standard InChI is InChI=1S/C29H36N8O2/c1-6-16-36-27(38)23-19-30-28(33-26(23)37(36)25-9-7-8-24(32-25)29(2,3)39)31-20-10-12-22(13-11-20)35-17-14-21(15-18-35)34(4)5/h6-13,19,21,39H,1,14-18H2,2-5H3,(H,30,31,33). The zero-order valence-corrected chi connectivity index (χ0v) is 23.0. The van der Waals surface area contributed by atoms with E-state index in [2.05, 4.69) is 57.9 Å². The summed E-state index contributed by atoms with van der Waals surface area (Å²) in [6, 6.07) is 14.2. The molecule has 2 N–H and O–H groups in total. The SMILES string of the molecule is C=CCn1c(=O)c2cnc(Nc3ccc(N4CCC(N(C)C)CC4)cc3)nc2n1-c1cccc(C(C)(C)O)n1. The van der Waals surface area contributed by atoms with Gasteiger partial charge in [0.15, 0.2) is 11.5 Å². The van der Waals surface area contributed by atoms with Crippen LogP contribution in [0.1, 0.15) is 32.4 Å². The van der Waals surface area contributed by atoms with Gasteiger partial charge >= 0.3 is 0 Å². The molecule has 3 aromatic heterocycles. The van der Waals surface area contributed by atoms with Crippen molar-refractivity contribution in [3.05, 3.63) is 77.4 Å². The van der Waals surface area contributed by atoms with Crippen molar-refractivity contribution >= 4 is 28.4 Å². The fraction of sp³-hybridized carbons (Fsp3) is 0.379. The van der Waals surface area contributed by atoms with Crippen LogP contribution >= 0.6 is 0 Å². The van der Waals surface area contributed by atoms with Gasteiger partial charge in [-0.25, -0.2) is 19.3 Å². The first kappa shape index (κ1) is 26.6. The summed E-state index contributed by atoms with van der Waals surface area (Å²) in [4.78, 5) is 31.7. The van der Waals surface area contributed by atoms with Crippen LogP contribution in [-0.4, -0.2) is 67.5 Å². The van der Waals surface area contributed by atoms with Gasteiger partial charge in [-0.05, 0) is 77.2 Å². The van der Waals surface area contributed by atoms with E-state index < -0.39 is 5.60 Å². The third-order valence-corrected chi connectivity index (χ3v) is 7.24. The summed E-state index contributed by atoms with van der Waals surface area (Å²) in [5, 5.41) is 14.1. The maximum atomic E-state index is 13.2. The zero-order valence-electron chi connectivity index (χ0n) is 23.0. The number of rotatable bonds is 8. The fourth-order valence-corrected chi connectivity index (χ4v) is 5.02. The van der Waals surface area contributed by atoms with E-state index in [1.165, 1.54) is 16.6 Å². The van der Waals surface area contributed by atoms with Crippen LogP contribution in [0.15, 0.2) is 66.1 Å². The van der Waals surface area contributed by atoms with Crippen molar-refractivity contribution in [3.8, 4) is 5.82 Å². The molecule has 0 amide bonds. The lowest BCUT2D eigenvalue weighted by molar-refractivity contribution is 0.0738. The minimum absolute atomic E-state index is 0.241. The molecular weight excluding hydrogens is 492 g/mol. The molecule has 4 heterocycles. The summed E-state index contributed by atoms with van der Waals surface area (Å²) in [6.45, 7) is 9.48. The maximum Gasteiger partial charge on any atom is 0.278 e. The van der Waals surface area contributed by atoms with Crippen LogP contribution in [0.2, 0.25) is 0 Å². The molecular formula is C29H36N8O2. The molecule has 0 aliphatic carbocycles. The van der Waals surface area contributed by atoms with Crippen molar-refractivity contribution in [1.29, 1.82) is 0 Å². The minimum Gasteiger partial charge on any atom is -0.384 e. The second-order valence-electron chi connectivity index (χ2n) is 10.7. The van der Waals surface area contributed by atoms with Crippen LogP contribution in [0.5, 0.6) is 0 Å². The van der Waals surface area contributed by atoms with E-state index in [9.17, 15) is 9.90 Å². The first-order chi connectivity index (χ1) is 18.7. The number of pyridine rings is 1. The van der Waals surface area contributed by atoms with Crippen molar-refractivity contribution in [3.63, 3.8) is 0 Å². The highest BCUT2D eigenvalue weighted by Crippen LogP contribution is 2.25. The van der Waals surface area contributed by atoms with E-state index >= 15 is 0 Å². The first-order valence-corrected chi connectivity index (χ1v) is 13.2. The monoisotopic (exact) mass is 528 g/mol. The Kier molecular flexibility index (Phi) is 7.24. The molecule has 10 heteroatoms. The van der Waals surface area contributed by atoms with Gasteiger partial charge in [0.25, 0.3) is 5.56 Å². The van der Waals surface area contributed by atoms with Gasteiger partial charge in [0.1, 0.15) is 11.0 Å². The Morgan fingerprint density at radius 2 is 1.85 bits per heavy atom. The molecule has 0 spiro atoms. The Bertz CT molecular complexity index is 1520. The zero-order chi connectivity index (χ0) is 27.7. The van der Waals surface area contributed by atoms with Crippen LogP contribution in [0.25, 0.3) is 16.9 Å². The molecule has 1 fully saturated rings. The minimum atomic E-state index is -1.14. The largest absolute Gasteiger partial charge is 0.384 e. The number of aromatic nitrogens is 5. The number of nitrogens with one attached hydrogen (secondary N) is 1. The highest BCUT2D eigenvalue weighted by atomic mass is 16.3. The highest BCUT2D eigenvalue weighted by Gasteiger charge is 2.23. The summed E-state index contributed by atoms with van der Waals surface area (Å²) < 4.78 is 3.17. The van der Waals surface area contributed by atoms with Crippen LogP contribution in [0.4, 0.5) is 17.3 Å². The Morgan fingerprint density at radius 1 is 1.13 bits per heavy atom. The van der Waals surface area contributed by atoms with Gasteiger partial charge in [-0.2, -0.15) is 4.98 Å². The number of fused-ring (bicyclic) bond motifs is 1. The van der Waals surface area contributed by atoms with Gasteiger partial charge in [0, 0.05) is 36.7 Å². The van der Waals surface area contributed by atoms with Crippen molar-refractivity contribution < 1.29 is 5.11 Å². The lowest BCUT2D eigenvalue weighted by Crippen LogP contribution is -2.41. The topological polar surface area (TPSA) is 104 Å². The molecule has 1 aliphatic heterocycles. The second-order valence-corrected chi connectivity index (χ2v) is 10.7. The summed E-state index contributed by atoms with van der Waals surface area (Å²) in [7, 11) is 4.30. The molecule has 0 bridgehead atoms. The van der Waals surface area contributed by atoms with E-state index in [1.807, 2.05) is 12.1 Å². The van der Waals surface area contributed by atoms with E-state index in [1.54, 1.807) is 42.8 Å². The smallest absolute Gasteiger partial charge is 0.278 e. The molecule has 0 unspecified atom stereocenters. The molecule has 204 valence electrons. The van der Waals surface area contributed by atoms with E-state index in [4.69, 9.17) is 4.98 Å². The molecule has 0 atom stereocenters. The second kappa shape index (κ2) is 10.6. The number of aliphatic hydroxyl groups is 1. The van der Waals surface area contributed by atoms with Gasteiger partial charge < -0.3 is 20.2 Å². The Balaban J connectivity index is 1.44. The van der Waals surface area contributed by atoms with Gasteiger partial charge in [0.2, 0.25) is 5.95 Å². The maximum absolute atomic E-state index is 13.2. The van der Waals surface area contributed by atoms with Crippen LogP contribution < -0.4 is 15.8 Å². The molecule has 4 aromatic rings. The molecule has 1 saturated heterocycles. The van der Waals surface area contributed by atoms with Crippen molar-refractivity contribution in [1.82, 2.24) is 29.2 Å². The fourth-order valence-electron chi connectivity index (χ4n) is 5.02. The summed E-state index contributed by atoms with van der Waals surface area (Å²) in [5.41, 5.74) is 1.57. The Labute approximate surface area is 228 Å². The molecule has 39 heavy (non-hydrogen) atoms. The number of hydrogen-bond acceptors (Lipinski definition) is 8. The number of nitrogens with zero attached hydrogens (tertiary/aromatic N) is 7. The third-order valence-electron chi connectivity index (χ3n) is 7.24. The van der Waals surface area contributed by atoms with Gasteiger partial charge in [-0.1, -0.05) is 12.1 Å². The molecule has 1 aromatic carbocycles. The molecule has 10 nitrogen and oxygen atoms in total. The molecule has 1 aliphatic rings. The van der Waals surface area contributed by atoms with E-state index in [0.29, 0.717) is 34.5 Å². The van der Waals surface area contributed by atoms with E-state index in [-0.39, 0.29) is 12.1 Å². The predicted molar refractivity (Wildman–Crippen MR) is 155 cm³/mol. The third kappa shape index (κ3) is 5.43. The summed E-state index contributed by atoms with van der Waals surface area (Å²) >= 11 is 0. The molecule has 5 rings (SSSR count). The number of hydrogen-bond donors (Lipinski definition) is 2. The first-order valence-electron chi connectivity index (χ1n) is 13.2. The normalized spacial score (nSPS) is 14.8.